The van der Waals surface area contributed by atoms with Crippen molar-refractivity contribution in [2.24, 2.45) is 5.92 Å². The summed E-state index contributed by atoms with van der Waals surface area (Å²) >= 11 is 0. The van der Waals surface area contributed by atoms with Crippen LogP contribution in [0.5, 0.6) is 0 Å². The molecule has 1 rings (SSSR count). The van der Waals surface area contributed by atoms with Crippen molar-refractivity contribution in [2.75, 3.05) is 0 Å². The number of carbonyl (C=O) groups is 2. The number of nitrogens with one attached hydrogen (secondary N) is 1. The number of carboxylic acid groups (broad SMARTS) is 1. The van der Waals surface area contributed by atoms with Crippen molar-refractivity contribution in [2.45, 2.75) is 45.1 Å². The van der Waals surface area contributed by atoms with Gasteiger partial charge in [-0.1, -0.05) is 12.8 Å². The number of hydrogen-bond donors (Lipinski definition) is 2. The Kier molecular flexibility index (Phi) is 3.92. The lowest BCUT2D eigenvalue weighted by Crippen LogP contribution is -2.41. The van der Waals surface area contributed by atoms with Crippen molar-refractivity contribution in [1.29, 1.82) is 0 Å². The zero-order chi connectivity index (χ0) is 10.6. The first-order chi connectivity index (χ1) is 6.59. The van der Waals surface area contributed by atoms with Gasteiger partial charge in [-0.15, -0.1) is 0 Å². The molecular weight excluding hydrogens is 182 g/mol. The van der Waals surface area contributed by atoms with Gasteiger partial charge in [0, 0.05) is 13.0 Å². The van der Waals surface area contributed by atoms with E-state index in [0.717, 1.165) is 25.7 Å². The van der Waals surface area contributed by atoms with Crippen molar-refractivity contribution in [3.05, 3.63) is 0 Å². The molecule has 4 heteroatoms. The molecule has 0 spiro atoms. The Morgan fingerprint density at radius 1 is 1.36 bits per heavy atom. The van der Waals surface area contributed by atoms with Gasteiger partial charge < -0.3 is 10.4 Å². The number of aliphatic carboxylic acids is 1. The maximum absolute atomic E-state index is 10.9. The predicted molar refractivity (Wildman–Crippen MR) is 51.8 cm³/mol. The fourth-order valence-corrected chi connectivity index (χ4v) is 2.13. The zero-order valence-corrected chi connectivity index (χ0v) is 8.45. The monoisotopic (exact) mass is 199 g/mol. The van der Waals surface area contributed by atoms with E-state index in [0.29, 0.717) is 0 Å². The molecule has 0 radical (unpaired) electrons. The van der Waals surface area contributed by atoms with Crippen molar-refractivity contribution in [1.82, 2.24) is 5.32 Å². The largest absolute Gasteiger partial charge is 0.481 e. The van der Waals surface area contributed by atoms with Crippen LogP contribution in [0, 0.1) is 5.92 Å². The van der Waals surface area contributed by atoms with Crippen LogP contribution in [-0.4, -0.2) is 23.0 Å². The Balaban J connectivity index is 2.49. The summed E-state index contributed by atoms with van der Waals surface area (Å²) in [6.45, 7) is 1.48. The van der Waals surface area contributed by atoms with Crippen LogP contribution in [0.2, 0.25) is 0 Å². The molecule has 1 aliphatic carbocycles. The van der Waals surface area contributed by atoms with Gasteiger partial charge >= 0.3 is 5.97 Å². The molecule has 2 atom stereocenters. The fourth-order valence-electron chi connectivity index (χ4n) is 2.13. The molecule has 2 N–H and O–H groups in total. The van der Waals surface area contributed by atoms with Crippen molar-refractivity contribution >= 4 is 11.9 Å². The second kappa shape index (κ2) is 4.98. The predicted octanol–water partition coefficient (Wildman–Crippen LogP) is 1.16. The molecular formula is C10H17NO3. The van der Waals surface area contributed by atoms with Gasteiger partial charge in [-0.3, -0.25) is 9.59 Å². The summed E-state index contributed by atoms with van der Waals surface area (Å²) < 4.78 is 0. The zero-order valence-electron chi connectivity index (χ0n) is 8.45. The highest BCUT2D eigenvalue weighted by atomic mass is 16.4. The molecule has 1 fully saturated rings. The lowest BCUT2D eigenvalue weighted by Gasteiger charge is -2.30. The number of rotatable bonds is 3. The Bertz CT molecular complexity index is 203. The quantitative estimate of drug-likeness (QED) is 0.716. The summed E-state index contributed by atoms with van der Waals surface area (Å²) in [6, 6.07) is 0.0670. The van der Waals surface area contributed by atoms with E-state index in [1.807, 2.05) is 0 Å². The molecule has 1 amide bonds. The van der Waals surface area contributed by atoms with Gasteiger partial charge in [-0.05, 0) is 18.8 Å². The number of carboxylic acids is 1. The first-order valence-corrected chi connectivity index (χ1v) is 5.08. The smallest absolute Gasteiger partial charge is 0.303 e. The summed E-state index contributed by atoms with van der Waals surface area (Å²) in [5.74, 6) is -0.718. The van der Waals surface area contributed by atoms with Crippen LogP contribution in [-0.2, 0) is 9.59 Å². The minimum absolute atomic E-state index is 0.0627. The van der Waals surface area contributed by atoms with Crippen LogP contribution in [0.25, 0.3) is 0 Å². The first-order valence-electron chi connectivity index (χ1n) is 5.08. The van der Waals surface area contributed by atoms with Gasteiger partial charge in [0.25, 0.3) is 0 Å². The fraction of sp³-hybridized carbons (Fsp3) is 0.800. The first kappa shape index (κ1) is 11.0. The number of carbonyl (C=O) groups excluding carboxylic acids is 1. The average Bonchev–Trinajstić information content (AvgIpc) is 2.06. The Hall–Kier alpha value is -1.06. The molecule has 0 saturated heterocycles. The van der Waals surface area contributed by atoms with Crippen molar-refractivity contribution in [3.63, 3.8) is 0 Å². The topological polar surface area (TPSA) is 66.4 Å². The molecule has 0 aliphatic heterocycles. The highest BCUT2D eigenvalue weighted by Gasteiger charge is 2.27. The van der Waals surface area contributed by atoms with Gasteiger partial charge in [-0.2, -0.15) is 0 Å². The molecule has 0 bridgehead atoms. The summed E-state index contributed by atoms with van der Waals surface area (Å²) in [7, 11) is 0. The maximum atomic E-state index is 10.9. The van der Waals surface area contributed by atoms with E-state index in [-0.39, 0.29) is 24.3 Å². The summed E-state index contributed by atoms with van der Waals surface area (Å²) in [5.41, 5.74) is 0. The number of amides is 1. The minimum atomic E-state index is -0.771. The molecule has 0 aromatic rings. The van der Waals surface area contributed by atoms with Crippen LogP contribution in [0.3, 0.4) is 0 Å². The standard InChI is InChI=1S/C10H17NO3/c1-7(12)11-9-5-3-2-4-8(9)6-10(13)14/h8-9H,2-6H2,1H3,(H,11,12)(H,13,14)/t8-,9-/m1/s1. The third-order valence-electron chi connectivity index (χ3n) is 2.73. The summed E-state index contributed by atoms with van der Waals surface area (Å²) in [6.07, 6.45) is 4.16. The minimum Gasteiger partial charge on any atom is -0.481 e. The average molecular weight is 199 g/mol. The summed E-state index contributed by atoms with van der Waals surface area (Å²) in [4.78, 5) is 21.5. The molecule has 1 aliphatic rings. The second-order valence-electron chi connectivity index (χ2n) is 3.95. The van der Waals surface area contributed by atoms with E-state index in [9.17, 15) is 9.59 Å². The molecule has 0 aromatic carbocycles. The van der Waals surface area contributed by atoms with E-state index in [1.165, 1.54) is 6.92 Å². The summed E-state index contributed by atoms with van der Waals surface area (Å²) in [5, 5.41) is 11.5. The van der Waals surface area contributed by atoms with Gasteiger partial charge in [0.2, 0.25) is 5.91 Å². The van der Waals surface area contributed by atoms with Gasteiger partial charge in [0.15, 0.2) is 0 Å². The van der Waals surface area contributed by atoms with Crippen LogP contribution in [0.1, 0.15) is 39.0 Å². The Morgan fingerprint density at radius 2 is 2.00 bits per heavy atom. The lowest BCUT2D eigenvalue weighted by molar-refractivity contribution is -0.139. The lowest BCUT2D eigenvalue weighted by atomic mass is 9.82. The number of hydrogen-bond acceptors (Lipinski definition) is 2. The van der Waals surface area contributed by atoms with Gasteiger partial charge in [-0.25, -0.2) is 0 Å². The van der Waals surface area contributed by atoms with Gasteiger partial charge in [0.1, 0.15) is 0 Å². The third-order valence-corrected chi connectivity index (χ3v) is 2.73. The van der Waals surface area contributed by atoms with E-state index < -0.39 is 5.97 Å². The highest BCUT2D eigenvalue weighted by Crippen LogP contribution is 2.26. The van der Waals surface area contributed by atoms with Crippen molar-refractivity contribution < 1.29 is 14.7 Å². The normalized spacial score (nSPS) is 26.9. The van der Waals surface area contributed by atoms with Crippen LogP contribution < -0.4 is 5.32 Å². The molecule has 1 saturated carbocycles. The molecule has 4 nitrogen and oxygen atoms in total. The highest BCUT2D eigenvalue weighted by molar-refractivity contribution is 5.73. The Morgan fingerprint density at radius 3 is 2.57 bits per heavy atom. The van der Waals surface area contributed by atoms with Crippen LogP contribution in [0.4, 0.5) is 0 Å². The SMILES string of the molecule is CC(=O)N[C@@H]1CCCC[C@@H]1CC(=O)O. The van der Waals surface area contributed by atoms with E-state index in [1.54, 1.807) is 0 Å². The van der Waals surface area contributed by atoms with Crippen LogP contribution in [0.15, 0.2) is 0 Å². The van der Waals surface area contributed by atoms with Gasteiger partial charge in [0.05, 0.1) is 6.42 Å². The maximum Gasteiger partial charge on any atom is 0.303 e. The van der Waals surface area contributed by atoms with Crippen molar-refractivity contribution in [3.8, 4) is 0 Å². The third kappa shape index (κ3) is 3.36. The Labute approximate surface area is 83.7 Å². The van der Waals surface area contributed by atoms with Crippen LogP contribution >= 0.6 is 0 Å². The van der Waals surface area contributed by atoms with E-state index >= 15 is 0 Å². The molecule has 0 heterocycles. The van der Waals surface area contributed by atoms with E-state index in [2.05, 4.69) is 5.32 Å². The molecule has 80 valence electrons. The molecule has 14 heavy (non-hydrogen) atoms. The second-order valence-corrected chi connectivity index (χ2v) is 3.95. The molecule has 0 aromatic heterocycles. The van der Waals surface area contributed by atoms with E-state index in [4.69, 9.17) is 5.11 Å². The molecule has 0 unspecified atom stereocenters.